The van der Waals surface area contributed by atoms with Gasteiger partial charge in [0.2, 0.25) is 5.43 Å². The number of aromatic nitrogens is 1. The Morgan fingerprint density at radius 2 is 1.83 bits per heavy atom. The Labute approximate surface area is 336 Å². The number of benzene rings is 1. The van der Waals surface area contributed by atoms with E-state index in [0.29, 0.717) is 55.7 Å². The summed E-state index contributed by atoms with van der Waals surface area (Å²) in [6.07, 6.45) is 5.25. The van der Waals surface area contributed by atoms with Crippen LogP contribution in [0.15, 0.2) is 28.6 Å². The molecule has 5 fully saturated rings. The minimum Gasteiger partial charge on any atom is -0.492 e. The van der Waals surface area contributed by atoms with Crippen LogP contribution < -0.4 is 20.4 Å². The van der Waals surface area contributed by atoms with Crippen molar-refractivity contribution in [1.29, 1.82) is 0 Å². The lowest BCUT2D eigenvalue weighted by molar-refractivity contribution is -0.240. The van der Waals surface area contributed by atoms with Gasteiger partial charge in [0.25, 0.3) is 0 Å². The fourth-order valence-electron chi connectivity index (χ4n) is 12.4. The van der Waals surface area contributed by atoms with Crippen LogP contribution in [0.5, 0.6) is 5.75 Å². The number of allylic oxidation sites excluding steroid dienone is 4. The maximum Gasteiger partial charge on any atom is 0.346 e. The predicted molar refractivity (Wildman–Crippen MR) is 211 cm³/mol. The summed E-state index contributed by atoms with van der Waals surface area (Å²) in [6, 6.07) is 0.0246. The Kier molecular flexibility index (Phi) is 9.89. The highest BCUT2D eigenvalue weighted by Gasteiger charge is 2.76. The number of piperazine rings is 1. The number of alkyl halides is 1. The summed E-state index contributed by atoms with van der Waals surface area (Å²) < 4.78 is 54.3. The zero-order valence-electron chi connectivity index (χ0n) is 34.4. The van der Waals surface area contributed by atoms with Gasteiger partial charge in [-0.05, 0) is 90.2 Å². The SMILES string of the molecule is COc1c(N2CCNC(C)C2)c(F)c(C)c2c(=O)c(C(=O)OCO[C@]3(C(=O)CO)[C@@H](C)C[C@H]4[C@@H]5CCC6=CC(=O)C=C[C@]6(C)[C@@]5(F)[C@@H](O)C[C@@]43C)c(C)n(C3CC3)c12. The number of nitrogens with one attached hydrogen (secondary N) is 1. The molecule has 6 aliphatic rings. The van der Waals surface area contributed by atoms with Crippen LogP contribution >= 0.6 is 0 Å². The lowest BCUT2D eigenvalue weighted by Gasteiger charge is -2.63. The number of aliphatic hydroxyl groups is 2. The van der Waals surface area contributed by atoms with E-state index in [1.807, 2.05) is 16.4 Å². The molecule has 4 saturated carbocycles. The molecule has 58 heavy (non-hydrogen) atoms. The molecule has 1 aromatic carbocycles. The van der Waals surface area contributed by atoms with E-state index in [0.717, 1.165) is 12.8 Å². The molecule has 2 aromatic rings. The van der Waals surface area contributed by atoms with E-state index in [-0.39, 0.29) is 52.2 Å². The van der Waals surface area contributed by atoms with Crippen molar-refractivity contribution in [3.63, 3.8) is 0 Å². The predicted octanol–water partition coefficient (Wildman–Crippen LogP) is 4.95. The molecule has 14 heteroatoms. The van der Waals surface area contributed by atoms with Gasteiger partial charge in [0.15, 0.2) is 35.6 Å². The zero-order chi connectivity index (χ0) is 41.9. The summed E-state index contributed by atoms with van der Waals surface area (Å²) in [5.74, 6) is -4.11. The molecule has 2 heterocycles. The molecule has 12 nitrogen and oxygen atoms in total. The lowest BCUT2D eigenvalue weighted by Crippen LogP contribution is -2.70. The number of carbonyl (C=O) groups is 3. The molecule has 1 aromatic heterocycles. The number of esters is 1. The average Bonchev–Trinajstić information content (AvgIpc) is 3.99. The van der Waals surface area contributed by atoms with Crippen LogP contribution in [0.1, 0.15) is 93.9 Å². The van der Waals surface area contributed by atoms with Gasteiger partial charge in [-0.15, -0.1) is 0 Å². The van der Waals surface area contributed by atoms with Crippen LogP contribution in [-0.2, 0) is 19.1 Å². The number of rotatable bonds is 9. The lowest BCUT2D eigenvalue weighted by atomic mass is 9.44. The standard InChI is InChI=1S/C44H55F2N3O9/c1-22-16-30-29-11-8-26-17-28(51)12-13-41(26,5)43(29,46)31(52)18-42(30,6)44(22,32(53)20-50)58-21-57-40(55)34-25(4)49(27-9-10-27)36-33(38(34)54)24(3)35(45)37(39(36)56-7)48-15-14-47-23(2)19-48/h12-13,17,22-23,27,29-31,47,50,52H,8-11,14-16,18-21H2,1-7H3/t22-,23?,29-,30-,31-,41-,42-,43-,44-/m0/s1. The number of pyridine rings is 1. The van der Waals surface area contributed by atoms with Gasteiger partial charge in [0.1, 0.15) is 23.5 Å². The molecular formula is C44H55F2N3O9. The molecule has 0 amide bonds. The Morgan fingerprint density at radius 1 is 1.10 bits per heavy atom. The van der Waals surface area contributed by atoms with Gasteiger partial charge in [-0.2, -0.15) is 0 Å². The molecule has 1 saturated heterocycles. The maximum atomic E-state index is 17.8. The number of aryl methyl sites for hydroxylation is 1. The number of ketones is 2. The highest BCUT2D eigenvalue weighted by Crippen LogP contribution is 2.71. The van der Waals surface area contributed by atoms with Crippen molar-refractivity contribution in [2.45, 2.75) is 110 Å². The van der Waals surface area contributed by atoms with E-state index in [9.17, 15) is 29.4 Å². The van der Waals surface area contributed by atoms with Gasteiger partial charge in [-0.1, -0.05) is 25.5 Å². The normalized spacial score (nSPS) is 35.6. The molecule has 0 bridgehead atoms. The third-order valence-electron chi connectivity index (χ3n) is 15.2. The van der Waals surface area contributed by atoms with Crippen LogP contribution in [0.4, 0.5) is 14.5 Å². The van der Waals surface area contributed by atoms with E-state index in [2.05, 4.69) is 5.32 Å². The first-order chi connectivity index (χ1) is 27.4. The number of Topliss-reactive ketones (excluding diaryl/α,β-unsaturated/α-hetero) is 1. The Balaban J connectivity index is 1.14. The Hall–Kier alpha value is -3.98. The number of ether oxygens (including phenoxy) is 3. The molecule has 9 atom stereocenters. The van der Waals surface area contributed by atoms with Crippen molar-refractivity contribution < 1.29 is 47.6 Å². The van der Waals surface area contributed by atoms with Gasteiger partial charge in [0, 0.05) is 59.7 Å². The summed E-state index contributed by atoms with van der Waals surface area (Å²) in [7, 11) is 1.45. The minimum atomic E-state index is -2.15. The van der Waals surface area contributed by atoms with Crippen LogP contribution in [0.25, 0.3) is 10.9 Å². The first-order valence-corrected chi connectivity index (χ1v) is 20.6. The fourth-order valence-corrected chi connectivity index (χ4v) is 12.4. The van der Waals surface area contributed by atoms with Gasteiger partial charge in [0.05, 0.1) is 24.1 Å². The molecule has 0 spiro atoms. The molecule has 314 valence electrons. The monoisotopic (exact) mass is 807 g/mol. The quantitative estimate of drug-likeness (QED) is 0.233. The molecule has 1 unspecified atom stereocenters. The number of carbonyl (C=O) groups excluding carboxylic acids is 3. The second-order valence-corrected chi connectivity index (χ2v) is 18.1. The van der Waals surface area contributed by atoms with E-state index in [4.69, 9.17) is 14.2 Å². The van der Waals surface area contributed by atoms with Gasteiger partial charge >= 0.3 is 5.97 Å². The van der Waals surface area contributed by atoms with Crippen LogP contribution in [0.3, 0.4) is 0 Å². The van der Waals surface area contributed by atoms with Crippen molar-refractivity contribution in [2.75, 3.05) is 45.0 Å². The highest BCUT2D eigenvalue weighted by molar-refractivity contribution is 6.02. The maximum absolute atomic E-state index is 17.8. The molecule has 5 aliphatic carbocycles. The molecule has 0 radical (unpaired) electrons. The summed E-state index contributed by atoms with van der Waals surface area (Å²) in [6.45, 7) is 10.5. The van der Waals surface area contributed by atoms with Crippen molar-refractivity contribution >= 4 is 34.1 Å². The van der Waals surface area contributed by atoms with Crippen LogP contribution in [0.2, 0.25) is 0 Å². The molecule has 3 N–H and O–H groups in total. The van der Waals surface area contributed by atoms with E-state index >= 15 is 8.78 Å². The number of aliphatic hydroxyl groups excluding tert-OH is 2. The summed E-state index contributed by atoms with van der Waals surface area (Å²) in [4.78, 5) is 56.9. The smallest absolute Gasteiger partial charge is 0.346 e. The third kappa shape index (κ3) is 5.42. The first kappa shape index (κ1) is 40.8. The summed E-state index contributed by atoms with van der Waals surface area (Å²) in [5, 5.41) is 25.6. The van der Waals surface area contributed by atoms with E-state index in [1.54, 1.807) is 33.8 Å². The number of halogens is 2. The largest absolute Gasteiger partial charge is 0.492 e. The van der Waals surface area contributed by atoms with Gasteiger partial charge in [-0.3, -0.25) is 14.4 Å². The van der Waals surface area contributed by atoms with Crippen molar-refractivity contribution in [3.05, 3.63) is 56.7 Å². The van der Waals surface area contributed by atoms with Crippen molar-refractivity contribution in [2.24, 2.45) is 28.6 Å². The fraction of sp³-hybridized carbons (Fsp3) is 0.636. The summed E-state index contributed by atoms with van der Waals surface area (Å²) >= 11 is 0. The first-order valence-electron chi connectivity index (χ1n) is 20.6. The Bertz CT molecular complexity index is 2230. The third-order valence-corrected chi connectivity index (χ3v) is 15.2. The minimum absolute atomic E-state index is 0.0144. The second-order valence-electron chi connectivity index (χ2n) is 18.1. The number of fused-ring (bicyclic) bond motifs is 6. The Morgan fingerprint density at radius 3 is 2.48 bits per heavy atom. The van der Waals surface area contributed by atoms with Gasteiger partial charge in [-0.25, -0.2) is 13.6 Å². The number of anilines is 1. The molecule has 1 aliphatic heterocycles. The van der Waals surface area contributed by atoms with Crippen molar-refractivity contribution in [1.82, 2.24) is 9.88 Å². The number of nitrogens with zero attached hydrogens (tertiary/aromatic N) is 2. The number of hydrogen-bond acceptors (Lipinski definition) is 11. The van der Waals surface area contributed by atoms with Gasteiger partial charge < -0.3 is 39.2 Å². The topological polar surface area (TPSA) is 157 Å². The average molecular weight is 808 g/mol. The second kappa shape index (κ2) is 14.1. The highest BCUT2D eigenvalue weighted by atomic mass is 19.1. The zero-order valence-corrected chi connectivity index (χ0v) is 34.4. The van der Waals surface area contributed by atoms with Crippen LogP contribution in [0, 0.1) is 48.2 Å². The molecule has 8 rings (SSSR count). The van der Waals surface area contributed by atoms with E-state index in [1.165, 1.54) is 26.2 Å². The van der Waals surface area contributed by atoms with Crippen molar-refractivity contribution in [3.8, 4) is 5.75 Å². The number of methoxy groups -OCH3 is 1. The van der Waals surface area contributed by atoms with Crippen LogP contribution in [-0.4, -0.2) is 95.9 Å². The molecular weight excluding hydrogens is 752 g/mol. The number of hydrogen-bond donors (Lipinski definition) is 3. The summed E-state index contributed by atoms with van der Waals surface area (Å²) in [5.41, 5.74) is -5.67. The van der Waals surface area contributed by atoms with E-state index < -0.39 is 82.4 Å².